The molecule has 1 unspecified atom stereocenters. The molecule has 3 aromatic heterocycles. The Morgan fingerprint density at radius 1 is 1.29 bits per heavy atom. The summed E-state index contributed by atoms with van der Waals surface area (Å²) < 4.78 is 11.1. The number of nitrogens with zero attached hydrogens (tertiary/aromatic N) is 3. The first kappa shape index (κ1) is 19.7. The van der Waals surface area contributed by atoms with Crippen molar-refractivity contribution in [3.8, 4) is 5.75 Å². The zero-order valence-corrected chi connectivity index (χ0v) is 18.2. The van der Waals surface area contributed by atoms with Gasteiger partial charge in [0, 0.05) is 16.3 Å². The normalized spacial score (nSPS) is 15.7. The first-order valence-electron chi connectivity index (χ1n) is 10.5. The van der Waals surface area contributed by atoms with Crippen LogP contribution in [-0.2, 0) is 22.4 Å². The summed E-state index contributed by atoms with van der Waals surface area (Å²) in [4.78, 5) is 23.4. The summed E-state index contributed by atoms with van der Waals surface area (Å²) in [6.07, 6.45) is 5.64. The van der Waals surface area contributed by atoms with E-state index in [-0.39, 0.29) is 11.9 Å². The number of hydrogen-bond donors (Lipinski definition) is 2. The van der Waals surface area contributed by atoms with Gasteiger partial charge in [-0.25, -0.2) is 9.97 Å². The molecule has 1 aromatic carbocycles. The molecule has 4 aromatic rings. The number of hydrogen-bond acceptors (Lipinski definition) is 8. The molecule has 3 heterocycles. The second-order valence-corrected chi connectivity index (χ2v) is 8.55. The van der Waals surface area contributed by atoms with Crippen LogP contribution in [0.5, 0.6) is 5.75 Å². The number of carbonyl (C=O) groups is 1. The van der Waals surface area contributed by atoms with E-state index in [1.165, 1.54) is 10.4 Å². The molecule has 31 heavy (non-hydrogen) atoms. The van der Waals surface area contributed by atoms with Crippen LogP contribution in [0.3, 0.4) is 0 Å². The molecule has 160 valence electrons. The maximum Gasteiger partial charge on any atom is 0.309 e. The average Bonchev–Trinajstić information content (AvgIpc) is 3.37. The van der Waals surface area contributed by atoms with Crippen molar-refractivity contribution in [1.82, 2.24) is 20.2 Å². The number of H-pyrrole nitrogens is 1. The van der Waals surface area contributed by atoms with E-state index in [2.05, 4.69) is 25.5 Å². The van der Waals surface area contributed by atoms with Crippen LogP contribution in [0.4, 0.5) is 11.5 Å². The van der Waals surface area contributed by atoms with Gasteiger partial charge in [0.25, 0.3) is 0 Å². The van der Waals surface area contributed by atoms with Gasteiger partial charge in [-0.2, -0.15) is 5.10 Å². The van der Waals surface area contributed by atoms with E-state index >= 15 is 0 Å². The Balaban J connectivity index is 1.53. The van der Waals surface area contributed by atoms with Gasteiger partial charge in [0.05, 0.1) is 41.9 Å². The predicted molar refractivity (Wildman–Crippen MR) is 120 cm³/mol. The van der Waals surface area contributed by atoms with Crippen molar-refractivity contribution in [1.29, 1.82) is 0 Å². The Morgan fingerprint density at radius 3 is 3.03 bits per heavy atom. The molecule has 1 aliphatic carbocycles. The summed E-state index contributed by atoms with van der Waals surface area (Å²) >= 11 is 1.64. The quantitative estimate of drug-likeness (QED) is 0.432. The largest absolute Gasteiger partial charge is 0.492 e. The maximum absolute atomic E-state index is 12.2. The van der Waals surface area contributed by atoms with Gasteiger partial charge in [-0.1, -0.05) is 0 Å². The van der Waals surface area contributed by atoms with Gasteiger partial charge in [0.1, 0.15) is 22.7 Å². The average molecular weight is 438 g/mol. The third-order valence-corrected chi connectivity index (χ3v) is 6.72. The van der Waals surface area contributed by atoms with Crippen LogP contribution in [0.2, 0.25) is 0 Å². The number of aryl methyl sites for hydroxylation is 1. The SMILES string of the molecule is CCOC(=O)C1CCc2c(sc3ncnc(Nc4cc5cn[nH]c5cc4OCC)c23)C1. The van der Waals surface area contributed by atoms with Crippen molar-refractivity contribution >= 4 is 49.9 Å². The number of esters is 1. The van der Waals surface area contributed by atoms with Gasteiger partial charge < -0.3 is 14.8 Å². The van der Waals surface area contributed by atoms with Crippen molar-refractivity contribution in [3.05, 3.63) is 35.1 Å². The highest BCUT2D eigenvalue weighted by Gasteiger charge is 2.30. The van der Waals surface area contributed by atoms with Gasteiger partial charge in [0.15, 0.2) is 0 Å². The highest BCUT2D eigenvalue weighted by Crippen LogP contribution is 2.41. The minimum atomic E-state index is -0.107. The number of anilines is 2. The van der Waals surface area contributed by atoms with Crippen molar-refractivity contribution in [2.75, 3.05) is 18.5 Å². The second kappa shape index (κ2) is 8.14. The summed E-state index contributed by atoms with van der Waals surface area (Å²) in [6, 6.07) is 3.95. The lowest BCUT2D eigenvalue weighted by molar-refractivity contribution is -0.148. The first-order valence-corrected chi connectivity index (χ1v) is 11.3. The van der Waals surface area contributed by atoms with Crippen LogP contribution >= 0.6 is 11.3 Å². The van der Waals surface area contributed by atoms with E-state index in [1.54, 1.807) is 23.9 Å². The van der Waals surface area contributed by atoms with Crippen molar-refractivity contribution in [2.24, 2.45) is 5.92 Å². The predicted octanol–water partition coefficient (Wildman–Crippen LogP) is 4.38. The van der Waals surface area contributed by atoms with Crippen LogP contribution in [0.25, 0.3) is 21.1 Å². The molecule has 2 N–H and O–H groups in total. The van der Waals surface area contributed by atoms with E-state index in [9.17, 15) is 4.79 Å². The lowest BCUT2D eigenvalue weighted by Crippen LogP contribution is -2.23. The van der Waals surface area contributed by atoms with Gasteiger partial charge in [-0.15, -0.1) is 11.3 Å². The Bertz CT molecular complexity index is 1260. The van der Waals surface area contributed by atoms with Crippen LogP contribution in [-0.4, -0.2) is 39.3 Å². The Hall–Kier alpha value is -3.20. The zero-order chi connectivity index (χ0) is 21.4. The summed E-state index contributed by atoms with van der Waals surface area (Å²) in [5.74, 6) is 1.29. The topological polar surface area (TPSA) is 102 Å². The number of thiophene rings is 1. The van der Waals surface area contributed by atoms with Crippen LogP contribution < -0.4 is 10.1 Å². The minimum absolute atomic E-state index is 0.0852. The fraction of sp³-hybridized carbons (Fsp3) is 0.364. The van der Waals surface area contributed by atoms with Gasteiger partial charge in [-0.05, 0) is 44.7 Å². The van der Waals surface area contributed by atoms with Crippen LogP contribution in [0.1, 0.15) is 30.7 Å². The standard InChI is InChI=1S/C22H23N5O3S/c1-3-29-17-9-15-13(10-25-27-15)7-16(17)26-20-19-14-6-5-12(22(28)30-4-2)8-18(14)31-21(19)24-11-23-20/h7,9-12H,3-6,8H2,1-2H3,(H,25,27)(H,23,24,26). The number of carbonyl (C=O) groups excluding carboxylic acids is 1. The first-order chi connectivity index (χ1) is 15.2. The molecule has 5 rings (SSSR count). The molecular formula is C22H23N5O3S. The number of ether oxygens (including phenoxy) is 2. The fourth-order valence-corrected chi connectivity index (χ4v) is 5.41. The third kappa shape index (κ3) is 3.59. The molecule has 0 saturated carbocycles. The Morgan fingerprint density at radius 2 is 2.19 bits per heavy atom. The molecule has 1 aliphatic rings. The summed E-state index contributed by atoms with van der Waals surface area (Å²) in [5.41, 5.74) is 2.97. The molecule has 8 nitrogen and oxygen atoms in total. The lowest BCUT2D eigenvalue weighted by atomic mass is 9.88. The molecule has 1 atom stereocenters. The van der Waals surface area contributed by atoms with E-state index in [0.717, 1.165) is 51.2 Å². The number of rotatable bonds is 6. The van der Waals surface area contributed by atoms with Gasteiger partial charge >= 0.3 is 5.97 Å². The molecule has 0 spiro atoms. The Kier molecular flexibility index (Phi) is 5.19. The number of nitrogens with one attached hydrogen (secondary N) is 2. The summed E-state index contributed by atoms with van der Waals surface area (Å²) in [5, 5.41) is 12.6. The molecule has 9 heteroatoms. The van der Waals surface area contributed by atoms with E-state index in [4.69, 9.17) is 9.47 Å². The van der Waals surface area contributed by atoms with E-state index in [0.29, 0.717) is 19.6 Å². The number of aromatic nitrogens is 4. The van der Waals surface area contributed by atoms with Crippen LogP contribution in [0.15, 0.2) is 24.7 Å². The summed E-state index contributed by atoms with van der Waals surface area (Å²) in [7, 11) is 0. The smallest absolute Gasteiger partial charge is 0.309 e. The third-order valence-electron chi connectivity index (χ3n) is 5.56. The maximum atomic E-state index is 12.2. The summed E-state index contributed by atoms with van der Waals surface area (Å²) in [6.45, 7) is 4.77. The molecule has 0 fully saturated rings. The van der Waals surface area contributed by atoms with E-state index in [1.807, 2.05) is 26.0 Å². The number of aromatic amines is 1. The zero-order valence-electron chi connectivity index (χ0n) is 17.4. The number of fused-ring (bicyclic) bond motifs is 4. The molecule has 0 amide bonds. The fourth-order valence-electron chi connectivity index (χ4n) is 4.14. The lowest BCUT2D eigenvalue weighted by Gasteiger charge is -2.21. The highest BCUT2D eigenvalue weighted by molar-refractivity contribution is 7.19. The minimum Gasteiger partial charge on any atom is -0.492 e. The van der Waals surface area contributed by atoms with Crippen molar-refractivity contribution in [2.45, 2.75) is 33.1 Å². The molecule has 0 saturated heterocycles. The van der Waals surface area contributed by atoms with Crippen molar-refractivity contribution < 1.29 is 14.3 Å². The molecule has 0 radical (unpaired) electrons. The molecule has 0 bridgehead atoms. The molecule has 0 aliphatic heterocycles. The Labute approximate surface area is 183 Å². The van der Waals surface area contributed by atoms with Crippen LogP contribution in [0, 0.1) is 5.92 Å². The van der Waals surface area contributed by atoms with Gasteiger partial charge in [-0.3, -0.25) is 9.89 Å². The number of benzene rings is 1. The van der Waals surface area contributed by atoms with Gasteiger partial charge in [0.2, 0.25) is 0 Å². The molecular weight excluding hydrogens is 414 g/mol. The highest BCUT2D eigenvalue weighted by atomic mass is 32.1. The monoisotopic (exact) mass is 437 g/mol. The van der Waals surface area contributed by atoms with Crippen molar-refractivity contribution in [3.63, 3.8) is 0 Å². The second-order valence-electron chi connectivity index (χ2n) is 7.46. The van der Waals surface area contributed by atoms with E-state index < -0.39 is 0 Å².